The molecule has 0 saturated carbocycles. The Kier molecular flexibility index (Phi) is 5.54. The Morgan fingerprint density at radius 3 is 1.72 bits per heavy atom. The number of hydrogen-bond donors (Lipinski definition) is 0. The molecule has 0 aliphatic carbocycles. The SMILES string of the molecule is c1ccc2cc(-c3nc(-c4ccc5c(ccc6c7ccccc7ccc56)c4)nc(-c4cccc5c4oc4ccccc45)n3)ccc2c1. The molecule has 218 valence electrons. The second kappa shape index (κ2) is 10.1. The average Bonchev–Trinajstić information content (AvgIpc) is 3.53. The summed E-state index contributed by atoms with van der Waals surface area (Å²) >= 11 is 0. The summed E-state index contributed by atoms with van der Waals surface area (Å²) < 4.78 is 6.42. The van der Waals surface area contributed by atoms with Gasteiger partial charge in [-0.2, -0.15) is 0 Å². The second-order valence-corrected chi connectivity index (χ2v) is 12.0. The van der Waals surface area contributed by atoms with Crippen molar-refractivity contribution >= 4 is 65.0 Å². The number of aromatic nitrogens is 3. The van der Waals surface area contributed by atoms with Crippen LogP contribution in [-0.4, -0.2) is 15.0 Å². The fourth-order valence-electron chi connectivity index (χ4n) is 6.97. The standard InChI is InChI=1S/C43H25N3O/c1-2-10-28-24-30(17-16-26(28)8-1)41-44-42(46-43(45-41)38-14-7-13-37-36-12-5-6-15-39(36)47-40(37)38)31-20-21-33-29(25-31)19-23-34-32-11-4-3-9-27(32)18-22-35(33)34/h1-25H. The number of hydrogen-bond acceptors (Lipinski definition) is 4. The van der Waals surface area contributed by atoms with Crippen LogP contribution in [0.1, 0.15) is 0 Å². The molecule has 0 unspecified atom stereocenters. The Morgan fingerprint density at radius 1 is 0.340 bits per heavy atom. The van der Waals surface area contributed by atoms with E-state index in [2.05, 4.69) is 121 Å². The lowest BCUT2D eigenvalue weighted by Crippen LogP contribution is -2.00. The van der Waals surface area contributed by atoms with Crippen LogP contribution < -0.4 is 0 Å². The van der Waals surface area contributed by atoms with Gasteiger partial charge in [-0.15, -0.1) is 0 Å². The van der Waals surface area contributed by atoms with E-state index in [1.807, 2.05) is 30.3 Å². The molecule has 4 heteroatoms. The fraction of sp³-hybridized carbons (Fsp3) is 0. The molecule has 2 heterocycles. The Bertz CT molecular complexity index is 2870. The zero-order valence-electron chi connectivity index (χ0n) is 25.2. The summed E-state index contributed by atoms with van der Waals surface area (Å²) in [7, 11) is 0. The minimum absolute atomic E-state index is 0.577. The van der Waals surface area contributed by atoms with E-state index in [4.69, 9.17) is 19.4 Å². The van der Waals surface area contributed by atoms with Crippen molar-refractivity contribution in [3.05, 3.63) is 152 Å². The molecule has 47 heavy (non-hydrogen) atoms. The Hall–Kier alpha value is -6.39. The van der Waals surface area contributed by atoms with Gasteiger partial charge < -0.3 is 4.42 Å². The Morgan fingerprint density at radius 2 is 0.894 bits per heavy atom. The van der Waals surface area contributed by atoms with E-state index < -0.39 is 0 Å². The van der Waals surface area contributed by atoms with Gasteiger partial charge in [0.25, 0.3) is 0 Å². The number of para-hydroxylation sites is 2. The number of fused-ring (bicyclic) bond motifs is 9. The van der Waals surface area contributed by atoms with Crippen LogP contribution in [0.15, 0.2) is 156 Å². The first-order valence-electron chi connectivity index (χ1n) is 15.8. The molecule has 0 radical (unpaired) electrons. The maximum absolute atomic E-state index is 6.42. The lowest BCUT2D eigenvalue weighted by atomic mass is 9.96. The molecule has 0 atom stereocenters. The van der Waals surface area contributed by atoms with Crippen LogP contribution in [0.3, 0.4) is 0 Å². The van der Waals surface area contributed by atoms with Crippen molar-refractivity contribution in [2.45, 2.75) is 0 Å². The molecule has 0 spiro atoms. The van der Waals surface area contributed by atoms with Crippen LogP contribution in [0.2, 0.25) is 0 Å². The zero-order valence-corrected chi connectivity index (χ0v) is 25.2. The van der Waals surface area contributed by atoms with Crippen molar-refractivity contribution in [2.24, 2.45) is 0 Å². The van der Waals surface area contributed by atoms with Crippen molar-refractivity contribution in [3.63, 3.8) is 0 Å². The molecule has 0 aliphatic heterocycles. The maximum atomic E-state index is 6.42. The van der Waals surface area contributed by atoms with E-state index in [-0.39, 0.29) is 0 Å². The van der Waals surface area contributed by atoms with Crippen molar-refractivity contribution < 1.29 is 4.42 Å². The fourth-order valence-corrected chi connectivity index (χ4v) is 6.97. The van der Waals surface area contributed by atoms with Gasteiger partial charge in [0.15, 0.2) is 17.5 Å². The smallest absolute Gasteiger partial charge is 0.167 e. The lowest BCUT2D eigenvalue weighted by Gasteiger charge is -2.11. The molecule has 8 aromatic carbocycles. The van der Waals surface area contributed by atoms with E-state index in [1.165, 1.54) is 32.3 Å². The highest BCUT2D eigenvalue weighted by Gasteiger charge is 2.18. The van der Waals surface area contributed by atoms with Gasteiger partial charge in [-0.05, 0) is 67.4 Å². The first-order chi connectivity index (χ1) is 23.3. The normalized spacial score (nSPS) is 11.8. The molecule has 2 aromatic heterocycles. The summed E-state index contributed by atoms with van der Waals surface area (Å²) in [6, 6.07) is 52.9. The van der Waals surface area contributed by atoms with E-state index in [0.717, 1.165) is 49.4 Å². The quantitative estimate of drug-likeness (QED) is 0.190. The number of rotatable bonds is 3. The summed E-state index contributed by atoms with van der Waals surface area (Å²) in [4.78, 5) is 15.3. The number of furan rings is 1. The predicted octanol–water partition coefficient (Wildman–Crippen LogP) is 11.4. The summed E-state index contributed by atoms with van der Waals surface area (Å²) in [5.74, 6) is 1.81. The molecular formula is C43H25N3O. The van der Waals surface area contributed by atoms with E-state index in [9.17, 15) is 0 Å². The maximum Gasteiger partial charge on any atom is 0.167 e. The van der Waals surface area contributed by atoms with Crippen LogP contribution >= 0.6 is 0 Å². The third-order valence-electron chi connectivity index (χ3n) is 9.29. The van der Waals surface area contributed by atoms with Gasteiger partial charge in [-0.1, -0.05) is 127 Å². The van der Waals surface area contributed by atoms with Gasteiger partial charge in [0, 0.05) is 21.9 Å². The minimum Gasteiger partial charge on any atom is -0.455 e. The van der Waals surface area contributed by atoms with Crippen molar-refractivity contribution in [3.8, 4) is 34.2 Å². The van der Waals surface area contributed by atoms with Gasteiger partial charge in [0.1, 0.15) is 11.2 Å². The van der Waals surface area contributed by atoms with Gasteiger partial charge in [0.05, 0.1) is 5.56 Å². The van der Waals surface area contributed by atoms with Gasteiger partial charge in [-0.25, -0.2) is 15.0 Å². The molecule has 0 N–H and O–H groups in total. The van der Waals surface area contributed by atoms with E-state index in [0.29, 0.717) is 17.5 Å². The highest BCUT2D eigenvalue weighted by atomic mass is 16.3. The minimum atomic E-state index is 0.577. The summed E-state index contributed by atoms with van der Waals surface area (Å²) in [6.45, 7) is 0. The van der Waals surface area contributed by atoms with Crippen molar-refractivity contribution in [2.75, 3.05) is 0 Å². The molecular weight excluding hydrogens is 574 g/mol. The molecule has 0 aliphatic rings. The van der Waals surface area contributed by atoms with E-state index in [1.54, 1.807) is 0 Å². The molecule has 10 aromatic rings. The van der Waals surface area contributed by atoms with Crippen molar-refractivity contribution in [1.29, 1.82) is 0 Å². The second-order valence-electron chi connectivity index (χ2n) is 12.0. The third-order valence-corrected chi connectivity index (χ3v) is 9.29. The third kappa shape index (κ3) is 4.12. The highest BCUT2D eigenvalue weighted by molar-refractivity contribution is 6.17. The molecule has 10 rings (SSSR count). The van der Waals surface area contributed by atoms with E-state index >= 15 is 0 Å². The average molecular weight is 600 g/mol. The van der Waals surface area contributed by atoms with Gasteiger partial charge in [0.2, 0.25) is 0 Å². The molecule has 0 bridgehead atoms. The van der Waals surface area contributed by atoms with Crippen LogP contribution in [0.4, 0.5) is 0 Å². The zero-order chi connectivity index (χ0) is 30.9. The van der Waals surface area contributed by atoms with Crippen molar-refractivity contribution in [1.82, 2.24) is 15.0 Å². The Balaban J connectivity index is 1.20. The van der Waals surface area contributed by atoms with Crippen LogP contribution in [0, 0.1) is 0 Å². The molecule has 0 fully saturated rings. The number of benzene rings is 8. The van der Waals surface area contributed by atoms with Gasteiger partial charge in [-0.3, -0.25) is 0 Å². The summed E-state index contributed by atoms with van der Waals surface area (Å²) in [5, 5.41) is 11.8. The molecule has 0 amide bonds. The predicted molar refractivity (Wildman–Crippen MR) is 193 cm³/mol. The molecule has 4 nitrogen and oxygen atoms in total. The Labute approximate surface area is 269 Å². The van der Waals surface area contributed by atoms with Gasteiger partial charge >= 0.3 is 0 Å². The van der Waals surface area contributed by atoms with Crippen LogP contribution in [0.25, 0.3) is 99.2 Å². The topological polar surface area (TPSA) is 51.8 Å². The van der Waals surface area contributed by atoms with Crippen LogP contribution in [0.5, 0.6) is 0 Å². The monoisotopic (exact) mass is 599 g/mol. The first-order valence-corrected chi connectivity index (χ1v) is 15.8. The first kappa shape index (κ1) is 25.9. The summed E-state index contributed by atoms with van der Waals surface area (Å²) in [5.41, 5.74) is 4.31. The largest absolute Gasteiger partial charge is 0.455 e. The highest BCUT2D eigenvalue weighted by Crippen LogP contribution is 2.37. The summed E-state index contributed by atoms with van der Waals surface area (Å²) in [6.07, 6.45) is 0. The molecule has 0 saturated heterocycles. The lowest BCUT2D eigenvalue weighted by molar-refractivity contribution is 0.669. The number of nitrogens with zero attached hydrogens (tertiary/aromatic N) is 3. The van der Waals surface area contributed by atoms with Crippen LogP contribution in [-0.2, 0) is 0 Å².